The predicted octanol–water partition coefficient (Wildman–Crippen LogP) is 1.52. The molecule has 0 aromatic heterocycles. The second-order valence-corrected chi connectivity index (χ2v) is 3.96. The van der Waals surface area contributed by atoms with Gasteiger partial charge in [0.1, 0.15) is 0 Å². The number of carbonyl (C=O) groups is 1. The molecule has 4 heteroatoms. The number of amides is 1. The Morgan fingerprint density at radius 1 is 1.47 bits per heavy atom. The Morgan fingerprint density at radius 3 is 2.80 bits per heavy atom. The summed E-state index contributed by atoms with van der Waals surface area (Å²) in [5.41, 5.74) is 1.08. The Balaban J connectivity index is 2.35. The van der Waals surface area contributed by atoms with E-state index < -0.39 is 0 Å². The molecule has 0 saturated heterocycles. The van der Waals surface area contributed by atoms with Crippen LogP contribution in [0.15, 0.2) is 24.3 Å². The van der Waals surface area contributed by atoms with Crippen molar-refractivity contribution < 1.29 is 4.79 Å². The van der Waals surface area contributed by atoms with E-state index in [2.05, 4.69) is 5.32 Å². The third-order valence-corrected chi connectivity index (χ3v) is 2.23. The zero-order chi connectivity index (χ0) is 11.3. The van der Waals surface area contributed by atoms with Gasteiger partial charge in [-0.3, -0.25) is 4.79 Å². The molecule has 0 atom stereocenters. The quantitative estimate of drug-likeness (QED) is 0.845. The maximum atomic E-state index is 11.2. The molecule has 0 spiro atoms. The number of benzene rings is 1. The molecule has 3 nitrogen and oxygen atoms in total. The van der Waals surface area contributed by atoms with E-state index in [1.807, 2.05) is 24.3 Å². The van der Waals surface area contributed by atoms with Crippen LogP contribution in [0.3, 0.4) is 0 Å². The predicted molar refractivity (Wildman–Crippen MR) is 61.9 cm³/mol. The van der Waals surface area contributed by atoms with Crippen molar-refractivity contribution in [3.05, 3.63) is 34.9 Å². The third kappa shape index (κ3) is 4.32. The van der Waals surface area contributed by atoms with Crippen LogP contribution in [0, 0.1) is 0 Å². The van der Waals surface area contributed by atoms with Gasteiger partial charge in [-0.15, -0.1) is 0 Å². The van der Waals surface area contributed by atoms with Crippen molar-refractivity contribution in [1.29, 1.82) is 0 Å². The SMILES string of the molecule is CN(C)C(=O)CNCc1cccc(Cl)c1. The van der Waals surface area contributed by atoms with Crippen molar-refractivity contribution in [2.45, 2.75) is 6.54 Å². The van der Waals surface area contributed by atoms with E-state index >= 15 is 0 Å². The van der Waals surface area contributed by atoms with Crippen LogP contribution in [0.2, 0.25) is 5.02 Å². The minimum atomic E-state index is 0.0667. The van der Waals surface area contributed by atoms with Gasteiger partial charge in [-0.1, -0.05) is 23.7 Å². The fourth-order valence-electron chi connectivity index (χ4n) is 1.12. The molecule has 0 saturated carbocycles. The standard InChI is InChI=1S/C11H15ClN2O/c1-14(2)11(15)8-13-7-9-4-3-5-10(12)6-9/h3-6,13H,7-8H2,1-2H3. The van der Waals surface area contributed by atoms with Gasteiger partial charge in [-0.25, -0.2) is 0 Å². The fraction of sp³-hybridized carbons (Fsp3) is 0.364. The highest BCUT2D eigenvalue weighted by atomic mass is 35.5. The summed E-state index contributed by atoms with van der Waals surface area (Å²) in [4.78, 5) is 12.8. The van der Waals surface area contributed by atoms with Gasteiger partial charge in [0.2, 0.25) is 5.91 Å². The monoisotopic (exact) mass is 226 g/mol. The number of hydrogen-bond donors (Lipinski definition) is 1. The van der Waals surface area contributed by atoms with Crippen molar-refractivity contribution in [3.63, 3.8) is 0 Å². The highest BCUT2D eigenvalue weighted by molar-refractivity contribution is 6.30. The molecule has 1 rings (SSSR count). The van der Waals surface area contributed by atoms with Crippen molar-refractivity contribution in [3.8, 4) is 0 Å². The van der Waals surface area contributed by atoms with Gasteiger partial charge >= 0.3 is 0 Å². The van der Waals surface area contributed by atoms with Crippen LogP contribution in [-0.2, 0) is 11.3 Å². The Labute approximate surface area is 95.0 Å². The van der Waals surface area contributed by atoms with E-state index in [0.29, 0.717) is 18.1 Å². The number of hydrogen-bond acceptors (Lipinski definition) is 2. The van der Waals surface area contributed by atoms with Gasteiger partial charge in [0, 0.05) is 25.7 Å². The lowest BCUT2D eigenvalue weighted by Gasteiger charge is -2.10. The van der Waals surface area contributed by atoms with Gasteiger partial charge in [-0.2, -0.15) is 0 Å². The number of halogens is 1. The summed E-state index contributed by atoms with van der Waals surface area (Å²) >= 11 is 5.83. The lowest BCUT2D eigenvalue weighted by Crippen LogP contribution is -2.32. The first kappa shape index (κ1) is 12.0. The molecule has 0 unspecified atom stereocenters. The average Bonchev–Trinajstić information content (AvgIpc) is 2.17. The minimum absolute atomic E-state index is 0.0667. The normalized spacial score (nSPS) is 10.1. The van der Waals surface area contributed by atoms with E-state index in [0.717, 1.165) is 5.56 Å². The van der Waals surface area contributed by atoms with Crippen LogP contribution in [0.4, 0.5) is 0 Å². The zero-order valence-electron chi connectivity index (χ0n) is 8.96. The molecule has 1 aromatic rings. The summed E-state index contributed by atoms with van der Waals surface area (Å²) in [5.74, 6) is 0.0667. The summed E-state index contributed by atoms with van der Waals surface area (Å²) < 4.78 is 0. The van der Waals surface area contributed by atoms with Crippen molar-refractivity contribution in [1.82, 2.24) is 10.2 Å². The van der Waals surface area contributed by atoms with Crippen molar-refractivity contribution >= 4 is 17.5 Å². The van der Waals surface area contributed by atoms with Crippen LogP contribution in [0.1, 0.15) is 5.56 Å². The summed E-state index contributed by atoms with van der Waals surface area (Å²) in [6, 6.07) is 7.58. The van der Waals surface area contributed by atoms with E-state index in [1.54, 1.807) is 19.0 Å². The van der Waals surface area contributed by atoms with Crippen LogP contribution < -0.4 is 5.32 Å². The third-order valence-electron chi connectivity index (χ3n) is 1.99. The first-order valence-electron chi connectivity index (χ1n) is 4.75. The topological polar surface area (TPSA) is 32.3 Å². The maximum Gasteiger partial charge on any atom is 0.236 e. The fourth-order valence-corrected chi connectivity index (χ4v) is 1.33. The molecule has 0 heterocycles. The Bertz CT molecular complexity index is 339. The highest BCUT2D eigenvalue weighted by Crippen LogP contribution is 2.09. The Kier molecular flexibility index (Phi) is 4.59. The van der Waals surface area contributed by atoms with Crippen LogP contribution in [0.5, 0.6) is 0 Å². The van der Waals surface area contributed by atoms with Gasteiger partial charge < -0.3 is 10.2 Å². The molecule has 0 aliphatic rings. The molecule has 82 valence electrons. The first-order chi connectivity index (χ1) is 7.09. The molecular weight excluding hydrogens is 212 g/mol. The number of rotatable bonds is 4. The molecule has 0 bridgehead atoms. The van der Waals surface area contributed by atoms with E-state index in [-0.39, 0.29) is 5.91 Å². The van der Waals surface area contributed by atoms with E-state index in [1.165, 1.54) is 0 Å². The second-order valence-electron chi connectivity index (χ2n) is 3.52. The summed E-state index contributed by atoms with van der Waals surface area (Å²) in [5, 5.41) is 3.78. The maximum absolute atomic E-state index is 11.2. The van der Waals surface area contributed by atoms with Crippen LogP contribution >= 0.6 is 11.6 Å². The zero-order valence-corrected chi connectivity index (χ0v) is 9.71. The Hall–Kier alpha value is -1.06. The van der Waals surface area contributed by atoms with E-state index in [9.17, 15) is 4.79 Å². The number of likely N-dealkylation sites (N-methyl/N-ethyl adjacent to an activating group) is 1. The molecule has 1 aromatic carbocycles. The molecular formula is C11H15ClN2O. The molecule has 0 aliphatic carbocycles. The van der Waals surface area contributed by atoms with Crippen LogP contribution in [-0.4, -0.2) is 31.4 Å². The summed E-state index contributed by atoms with van der Waals surface area (Å²) in [6.07, 6.45) is 0. The largest absolute Gasteiger partial charge is 0.348 e. The molecule has 0 fully saturated rings. The van der Waals surface area contributed by atoms with Gasteiger partial charge in [0.25, 0.3) is 0 Å². The first-order valence-corrected chi connectivity index (χ1v) is 5.12. The number of carbonyl (C=O) groups excluding carboxylic acids is 1. The van der Waals surface area contributed by atoms with Gasteiger partial charge in [-0.05, 0) is 17.7 Å². The van der Waals surface area contributed by atoms with Crippen molar-refractivity contribution in [2.24, 2.45) is 0 Å². The van der Waals surface area contributed by atoms with Gasteiger partial charge in [0.05, 0.1) is 6.54 Å². The summed E-state index contributed by atoms with van der Waals surface area (Å²) in [6.45, 7) is 1.000. The smallest absolute Gasteiger partial charge is 0.236 e. The lowest BCUT2D eigenvalue weighted by atomic mass is 10.2. The molecule has 15 heavy (non-hydrogen) atoms. The van der Waals surface area contributed by atoms with Crippen LogP contribution in [0.25, 0.3) is 0 Å². The molecule has 0 radical (unpaired) electrons. The second kappa shape index (κ2) is 5.73. The van der Waals surface area contributed by atoms with Crippen molar-refractivity contribution in [2.75, 3.05) is 20.6 Å². The number of nitrogens with zero attached hydrogens (tertiary/aromatic N) is 1. The average molecular weight is 227 g/mol. The highest BCUT2D eigenvalue weighted by Gasteiger charge is 2.02. The Morgan fingerprint density at radius 2 is 2.20 bits per heavy atom. The molecule has 0 aliphatic heterocycles. The van der Waals surface area contributed by atoms with E-state index in [4.69, 9.17) is 11.6 Å². The minimum Gasteiger partial charge on any atom is -0.348 e. The number of nitrogens with one attached hydrogen (secondary N) is 1. The molecule has 1 amide bonds. The summed E-state index contributed by atoms with van der Waals surface area (Å²) in [7, 11) is 3.48. The van der Waals surface area contributed by atoms with Gasteiger partial charge in [0.15, 0.2) is 0 Å². The lowest BCUT2D eigenvalue weighted by molar-refractivity contribution is -0.127. The molecule has 1 N–H and O–H groups in total.